The normalized spacial score (nSPS) is 20.8. The van der Waals surface area contributed by atoms with Crippen molar-refractivity contribution in [3.8, 4) is 11.1 Å². The van der Waals surface area contributed by atoms with Gasteiger partial charge in [0.15, 0.2) is 0 Å². The Bertz CT molecular complexity index is 1320. The van der Waals surface area contributed by atoms with Crippen LogP contribution in [-0.2, 0) is 10.3 Å². The third-order valence-electron chi connectivity index (χ3n) is 8.20. The van der Waals surface area contributed by atoms with E-state index < -0.39 is 5.60 Å². The van der Waals surface area contributed by atoms with E-state index in [1.165, 1.54) is 0 Å². The number of carbonyl (C=O) groups excluding carboxylic acids is 1. The van der Waals surface area contributed by atoms with Crippen LogP contribution in [0.4, 0.5) is 14.9 Å². The number of piperidine rings is 1. The van der Waals surface area contributed by atoms with Gasteiger partial charge in [0.05, 0.1) is 11.2 Å². The van der Waals surface area contributed by atoms with Gasteiger partial charge in [0.1, 0.15) is 11.4 Å². The van der Waals surface area contributed by atoms with Crippen LogP contribution in [0.1, 0.15) is 46.1 Å². The van der Waals surface area contributed by atoms with Gasteiger partial charge < -0.3 is 19.9 Å². The van der Waals surface area contributed by atoms with Crippen LogP contribution in [0.25, 0.3) is 16.6 Å². The molecule has 1 unspecified atom stereocenters. The van der Waals surface area contributed by atoms with E-state index in [4.69, 9.17) is 4.74 Å². The summed E-state index contributed by atoms with van der Waals surface area (Å²) >= 11 is 0. The number of rotatable bonds is 6. The molecule has 210 valence electrons. The standard InChI is InChI=1S/C30H41FN6O2/c1-21(2)33-29(38)35-15-13-34(14-16-35)27-9-11-32-37-19-24(18-28(27)37)23-7-8-25(26(31)17-23)30(39-5)10-6-12-36(20-30)22(3)4/h7-9,11,17-19,21-22H,6,10,12-16,20H2,1-5H3,(H,33,38). The van der Waals surface area contributed by atoms with Crippen molar-refractivity contribution in [2.24, 2.45) is 0 Å². The molecule has 2 aliphatic heterocycles. The lowest BCUT2D eigenvalue weighted by atomic mass is 9.84. The average Bonchev–Trinajstić information content (AvgIpc) is 3.37. The maximum absolute atomic E-state index is 15.7. The molecule has 39 heavy (non-hydrogen) atoms. The van der Waals surface area contributed by atoms with Crippen molar-refractivity contribution in [2.45, 2.75) is 58.2 Å². The van der Waals surface area contributed by atoms with E-state index in [-0.39, 0.29) is 17.9 Å². The van der Waals surface area contributed by atoms with E-state index in [1.807, 2.05) is 47.7 Å². The number of aromatic nitrogens is 2. The van der Waals surface area contributed by atoms with Crippen molar-refractivity contribution in [1.82, 2.24) is 24.7 Å². The molecule has 0 spiro atoms. The van der Waals surface area contributed by atoms with E-state index in [0.29, 0.717) is 31.2 Å². The summed E-state index contributed by atoms with van der Waals surface area (Å²) < 4.78 is 23.6. The Morgan fingerprint density at radius 1 is 1.05 bits per heavy atom. The number of hydrogen-bond donors (Lipinski definition) is 1. The molecule has 0 radical (unpaired) electrons. The maximum Gasteiger partial charge on any atom is 0.317 e. The van der Waals surface area contributed by atoms with Crippen LogP contribution in [0, 0.1) is 5.82 Å². The number of likely N-dealkylation sites (tertiary alicyclic amines) is 1. The fraction of sp³-hybridized carbons (Fsp3) is 0.533. The molecule has 0 saturated carbocycles. The number of piperazine rings is 1. The molecule has 1 N–H and O–H groups in total. The van der Waals surface area contributed by atoms with Gasteiger partial charge in [-0.25, -0.2) is 13.7 Å². The monoisotopic (exact) mass is 536 g/mol. The number of urea groups is 1. The summed E-state index contributed by atoms with van der Waals surface area (Å²) in [4.78, 5) is 18.9. The lowest BCUT2D eigenvalue weighted by Gasteiger charge is -2.44. The molecule has 2 aromatic heterocycles. The zero-order valence-corrected chi connectivity index (χ0v) is 23.8. The Hall–Kier alpha value is -3.17. The third kappa shape index (κ3) is 5.47. The molecule has 2 amide bonds. The smallest absolute Gasteiger partial charge is 0.317 e. The summed E-state index contributed by atoms with van der Waals surface area (Å²) in [5, 5.41) is 7.49. The van der Waals surface area contributed by atoms with Crippen molar-refractivity contribution in [1.29, 1.82) is 0 Å². The first kappa shape index (κ1) is 27.4. The second-order valence-corrected chi connectivity index (χ2v) is 11.4. The number of anilines is 1. The van der Waals surface area contributed by atoms with Gasteiger partial charge in [-0.05, 0) is 70.8 Å². The number of amides is 2. The molecule has 0 aliphatic carbocycles. The van der Waals surface area contributed by atoms with Crippen LogP contribution in [0.2, 0.25) is 0 Å². The van der Waals surface area contributed by atoms with E-state index in [1.54, 1.807) is 19.4 Å². The topological polar surface area (TPSA) is 65.3 Å². The van der Waals surface area contributed by atoms with Gasteiger partial charge in [-0.3, -0.25) is 4.90 Å². The third-order valence-corrected chi connectivity index (χ3v) is 8.20. The van der Waals surface area contributed by atoms with Crippen LogP contribution in [0.5, 0.6) is 0 Å². The minimum absolute atomic E-state index is 0.0136. The Labute approximate surface area is 230 Å². The molecule has 1 atom stereocenters. The molecule has 9 heteroatoms. The Kier molecular flexibility index (Phi) is 7.82. The molecule has 5 rings (SSSR count). The number of hydrogen-bond acceptors (Lipinski definition) is 5. The number of ether oxygens (including phenoxy) is 1. The molecule has 4 heterocycles. The molecule has 1 aromatic carbocycles. The summed E-state index contributed by atoms with van der Waals surface area (Å²) in [6.45, 7) is 12.8. The first-order valence-electron chi connectivity index (χ1n) is 14.1. The van der Waals surface area contributed by atoms with Crippen LogP contribution in [0.3, 0.4) is 0 Å². The molecule has 2 aliphatic rings. The lowest BCUT2D eigenvalue weighted by molar-refractivity contribution is -0.0787. The van der Waals surface area contributed by atoms with Gasteiger partial charge in [-0.2, -0.15) is 5.10 Å². The molecule has 2 fully saturated rings. The van der Waals surface area contributed by atoms with E-state index in [0.717, 1.165) is 54.8 Å². The number of carbonyl (C=O) groups is 1. The van der Waals surface area contributed by atoms with E-state index >= 15 is 4.39 Å². The summed E-state index contributed by atoms with van der Waals surface area (Å²) in [7, 11) is 1.70. The second-order valence-electron chi connectivity index (χ2n) is 11.4. The lowest BCUT2D eigenvalue weighted by Crippen LogP contribution is -2.53. The Balaban J connectivity index is 1.38. The molecule has 0 bridgehead atoms. The highest BCUT2D eigenvalue weighted by molar-refractivity contribution is 5.80. The molecular formula is C30H41FN6O2. The van der Waals surface area contributed by atoms with Gasteiger partial charge in [-0.15, -0.1) is 0 Å². The van der Waals surface area contributed by atoms with E-state index in [2.05, 4.69) is 40.1 Å². The van der Waals surface area contributed by atoms with Crippen molar-refractivity contribution in [2.75, 3.05) is 51.3 Å². The number of methoxy groups -OCH3 is 1. The minimum atomic E-state index is -0.639. The van der Waals surface area contributed by atoms with Gasteiger partial charge >= 0.3 is 6.03 Å². The molecule has 3 aromatic rings. The van der Waals surface area contributed by atoms with Crippen molar-refractivity contribution in [3.05, 3.63) is 54.1 Å². The van der Waals surface area contributed by atoms with E-state index in [9.17, 15) is 4.79 Å². The van der Waals surface area contributed by atoms with Crippen molar-refractivity contribution < 1.29 is 13.9 Å². The minimum Gasteiger partial charge on any atom is -0.372 e. The predicted molar refractivity (Wildman–Crippen MR) is 153 cm³/mol. The highest BCUT2D eigenvalue weighted by atomic mass is 19.1. The van der Waals surface area contributed by atoms with Gasteiger partial charge in [0.25, 0.3) is 0 Å². The first-order chi connectivity index (χ1) is 18.7. The summed E-state index contributed by atoms with van der Waals surface area (Å²) in [6, 6.07) is 10.1. The highest BCUT2D eigenvalue weighted by Crippen LogP contribution is 2.38. The zero-order chi connectivity index (χ0) is 27.7. The largest absolute Gasteiger partial charge is 0.372 e. The summed E-state index contributed by atoms with van der Waals surface area (Å²) in [5.74, 6) is -0.237. The molecular weight excluding hydrogens is 495 g/mol. The molecule has 8 nitrogen and oxygen atoms in total. The number of benzene rings is 1. The summed E-state index contributed by atoms with van der Waals surface area (Å²) in [6.07, 6.45) is 5.52. The van der Waals surface area contributed by atoms with Crippen LogP contribution in [0.15, 0.2) is 42.7 Å². The van der Waals surface area contributed by atoms with Crippen molar-refractivity contribution >= 4 is 17.2 Å². The fourth-order valence-corrected chi connectivity index (χ4v) is 5.97. The second kappa shape index (κ2) is 11.1. The predicted octanol–water partition coefficient (Wildman–Crippen LogP) is 4.73. The van der Waals surface area contributed by atoms with Crippen LogP contribution in [-0.4, -0.2) is 83.9 Å². The fourth-order valence-electron chi connectivity index (χ4n) is 5.97. The maximum atomic E-state index is 15.7. The van der Waals surface area contributed by atoms with Gasteiger partial charge in [0.2, 0.25) is 0 Å². The number of nitrogens with one attached hydrogen (secondary N) is 1. The highest BCUT2D eigenvalue weighted by Gasteiger charge is 2.40. The first-order valence-corrected chi connectivity index (χ1v) is 14.1. The average molecular weight is 537 g/mol. The van der Waals surface area contributed by atoms with Crippen LogP contribution >= 0.6 is 0 Å². The number of halogens is 1. The Morgan fingerprint density at radius 2 is 1.82 bits per heavy atom. The zero-order valence-electron chi connectivity index (χ0n) is 23.8. The van der Waals surface area contributed by atoms with Crippen molar-refractivity contribution in [3.63, 3.8) is 0 Å². The van der Waals surface area contributed by atoms with Crippen LogP contribution < -0.4 is 10.2 Å². The summed E-state index contributed by atoms with van der Waals surface area (Å²) in [5.41, 5.74) is 3.73. The quantitative estimate of drug-likeness (QED) is 0.494. The number of nitrogens with zero attached hydrogens (tertiary/aromatic N) is 5. The Morgan fingerprint density at radius 3 is 2.49 bits per heavy atom. The SMILES string of the molecule is COC1(c2ccc(-c3cc4c(N5CCN(C(=O)NC(C)C)CC5)ccnn4c3)cc2F)CCCN(C(C)C)C1. The molecule has 2 saturated heterocycles. The van der Waals surface area contributed by atoms with Gasteiger partial charge in [0, 0.05) is 75.4 Å². The number of fused-ring (bicyclic) bond motifs is 1. The van der Waals surface area contributed by atoms with Gasteiger partial charge in [-0.1, -0.05) is 12.1 Å².